The van der Waals surface area contributed by atoms with E-state index in [0.717, 1.165) is 0 Å². The number of hydrogen-bond donors (Lipinski definition) is 2. The topological polar surface area (TPSA) is 58.9 Å². The minimum atomic E-state index is -7.61. The second kappa shape index (κ2) is 7.85. The van der Waals surface area contributed by atoms with Crippen LogP contribution >= 0.6 is 7.91 Å². The fourth-order valence-electron chi connectivity index (χ4n) is 1.78. The van der Waals surface area contributed by atoms with Gasteiger partial charge in [-0.2, -0.15) is 0 Å². The Morgan fingerprint density at radius 3 is 1.88 bits per heavy atom. The SMILES string of the molecule is C#CCCOCC(Cc1c(F)c(F)c(F)c(F)c1F)OP(O)(O)(F)F. The van der Waals surface area contributed by atoms with Gasteiger partial charge in [0, 0.05) is 0 Å². The van der Waals surface area contributed by atoms with Crippen LogP contribution in [0.4, 0.5) is 30.3 Å². The summed E-state index contributed by atoms with van der Waals surface area (Å²) < 4.78 is 101. The second-order valence-corrected chi connectivity index (χ2v) is 6.49. The van der Waals surface area contributed by atoms with E-state index in [1.807, 2.05) is 0 Å². The van der Waals surface area contributed by atoms with Crippen LogP contribution in [-0.4, -0.2) is 29.1 Å². The van der Waals surface area contributed by atoms with Crippen LogP contribution in [0.15, 0.2) is 0 Å². The Morgan fingerprint density at radius 2 is 1.44 bits per heavy atom. The van der Waals surface area contributed by atoms with Crippen molar-refractivity contribution >= 4 is 7.91 Å². The molecule has 0 radical (unpaired) electrons. The van der Waals surface area contributed by atoms with Gasteiger partial charge in [-0.05, 0) is 0 Å². The molecule has 1 rings (SSSR count). The zero-order valence-corrected chi connectivity index (χ0v) is 13.2. The van der Waals surface area contributed by atoms with E-state index in [-0.39, 0.29) is 13.0 Å². The van der Waals surface area contributed by atoms with E-state index in [0.29, 0.717) is 0 Å². The third-order valence-corrected chi connectivity index (χ3v) is 3.40. The number of terminal acetylenes is 1. The van der Waals surface area contributed by atoms with Crippen molar-refractivity contribution in [3.05, 3.63) is 34.6 Å². The maximum atomic E-state index is 13.6. The first-order valence-electron chi connectivity index (χ1n) is 6.49. The van der Waals surface area contributed by atoms with E-state index in [2.05, 4.69) is 10.4 Å². The molecule has 0 amide bonds. The first-order valence-corrected chi connectivity index (χ1v) is 8.33. The maximum absolute atomic E-state index is 13.6. The van der Waals surface area contributed by atoms with Crippen LogP contribution in [0.25, 0.3) is 0 Å². The van der Waals surface area contributed by atoms with Gasteiger partial charge < -0.3 is 0 Å². The Balaban J connectivity index is 3.11. The Morgan fingerprint density at radius 1 is 0.960 bits per heavy atom. The fraction of sp³-hybridized carbons (Fsp3) is 0.385. The van der Waals surface area contributed by atoms with Gasteiger partial charge in [-0.25, -0.2) is 0 Å². The summed E-state index contributed by atoms with van der Waals surface area (Å²) in [6.45, 7) is -1.09. The molecular weight excluding hydrogens is 384 g/mol. The predicted octanol–water partition coefficient (Wildman–Crippen LogP) is 3.40. The van der Waals surface area contributed by atoms with Gasteiger partial charge in [0.1, 0.15) is 0 Å². The molecule has 1 unspecified atom stereocenters. The van der Waals surface area contributed by atoms with Crippen LogP contribution in [0.1, 0.15) is 12.0 Å². The normalized spacial score (nSPS) is 14.6. The molecule has 25 heavy (non-hydrogen) atoms. The van der Waals surface area contributed by atoms with Gasteiger partial charge in [-0.15, -0.1) is 0 Å². The van der Waals surface area contributed by atoms with Crippen LogP contribution in [0.3, 0.4) is 0 Å². The molecule has 142 valence electrons. The number of rotatable bonds is 8. The van der Waals surface area contributed by atoms with Crippen LogP contribution in [-0.2, 0) is 15.7 Å². The molecule has 1 aromatic carbocycles. The molecule has 0 aliphatic rings. The number of benzene rings is 1. The van der Waals surface area contributed by atoms with Crippen LogP contribution < -0.4 is 0 Å². The zero-order valence-electron chi connectivity index (χ0n) is 12.3. The van der Waals surface area contributed by atoms with Gasteiger partial charge in [0.05, 0.1) is 0 Å². The molecule has 1 atom stereocenters. The molecule has 0 aliphatic heterocycles. The first kappa shape index (κ1) is 21.6. The van der Waals surface area contributed by atoms with Gasteiger partial charge in [-0.3, -0.25) is 0 Å². The van der Waals surface area contributed by atoms with E-state index in [4.69, 9.17) is 20.9 Å². The van der Waals surface area contributed by atoms with E-state index in [1.54, 1.807) is 0 Å². The molecule has 0 saturated heterocycles. The van der Waals surface area contributed by atoms with Gasteiger partial charge in [-0.1, -0.05) is 0 Å². The molecular formula is C13H12F7O4P. The van der Waals surface area contributed by atoms with Gasteiger partial charge in [0.2, 0.25) is 0 Å². The number of halogens is 7. The number of hydrogen-bond acceptors (Lipinski definition) is 4. The molecule has 0 heterocycles. The van der Waals surface area contributed by atoms with E-state index in [9.17, 15) is 30.3 Å². The third kappa shape index (κ3) is 6.41. The Bertz CT molecular complexity index is 645. The van der Waals surface area contributed by atoms with Crippen molar-refractivity contribution in [3.63, 3.8) is 0 Å². The summed E-state index contributed by atoms with van der Waals surface area (Å²) in [5.41, 5.74) is -1.47. The van der Waals surface area contributed by atoms with E-state index < -0.39 is 61.7 Å². The van der Waals surface area contributed by atoms with E-state index >= 15 is 0 Å². The molecule has 0 aromatic heterocycles. The Labute approximate surface area is 137 Å². The second-order valence-electron chi connectivity index (χ2n) is 4.77. The van der Waals surface area contributed by atoms with Crippen molar-refractivity contribution in [2.45, 2.75) is 18.9 Å². The molecule has 0 bridgehead atoms. The molecule has 1 aromatic rings. The van der Waals surface area contributed by atoms with Crippen LogP contribution in [0, 0.1) is 41.4 Å². The monoisotopic (exact) mass is 396 g/mol. The van der Waals surface area contributed by atoms with Gasteiger partial charge >= 0.3 is 136 Å². The van der Waals surface area contributed by atoms with Crippen LogP contribution in [0.2, 0.25) is 0 Å². The Kier molecular flexibility index (Phi) is 6.78. The summed E-state index contributed by atoms with van der Waals surface area (Å²) >= 11 is 0. The molecule has 12 heteroatoms. The molecule has 2 N–H and O–H groups in total. The zero-order chi connectivity index (χ0) is 19.4. The summed E-state index contributed by atoms with van der Waals surface area (Å²) in [7, 11) is -7.61. The summed E-state index contributed by atoms with van der Waals surface area (Å²) in [4.78, 5) is 16.9. The molecule has 0 aliphatic carbocycles. The first-order chi connectivity index (χ1) is 11.3. The fourth-order valence-corrected chi connectivity index (χ4v) is 2.40. The van der Waals surface area contributed by atoms with Crippen molar-refractivity contribution in [2.24, 2.45) is 0 Å². The average Bonchev–Trinajstić information content (AvgIpc) is 2.49. The predicted molar refractivity (Wildman–Crippen MR) is 72.7 cm³/mol. The minimum absolute atomic E-state index is 0.0162. The average molecular weight is 396 g/mol. The van der Waals surface area contributed by atoms with Gasteiger partial charge in [0.25, 0.3) is 0 Å². The van der Waals surface area contributed by atoms with Crippen molar-refractivity contribution in [3.8, 4) is 12.3 Å². The molecule has 0 saturated carbocycles. The molecule has 4 nitrogen and oxygen atoms in total. The van der Waals surface area contributed by atoms with Crippen LogP contribution in [0.5, 0.6) is 0 Å². The number of ether oxygens (including phenoxy) is 1. The quantitative estimate of drug-likeness (QED) is 0.177. The summed E-state index contributed by atoms with van der Waals surface area (Å²) in [5.74, 6) is -9.40. The van der Waals surface area contributed by atoms with Gasteiger partial charge in [0.15, 0.2) is 0 Å². The standard InChI is InChI=1S/C13H12F7O4P/c1-2-3-4-23-6-7(24-25(19,20,21)22)5-8-9(14)11(16)13(18)12(17)10(8)15/h1,7,21-22H,3-6H2. The van der Waals surface area contributed by atoms with E-state index in [1.165, 1.54) is 0 Å². The van der Waals surface area contributed by atoms with Crippen molar-refractivity contribution < 1.29 is 49.4 Å². The molecule has 0 fully saturated rings. The van der Waals surface area contributed by atoms with Crippen molar-refractivity contribution in [2.75, 3.05) is 13.2 Å². The summed E-state index contributed by atoms with van der Waals surface area (Å²) in [5, 5.41) is 0. The summed E-state index contributed by atoms with van der Waals surface area (Å²) in [6.07, 6.45) is 1.48. The molecule has 0 spiro atoms. The Hall–Kier alpha value is -1.44. The van der Waals surface area contributed by atoms with Crippen molar-refractivity contribution in [1.82, 2.24) is 0 Å². The van der Waals surface area contributed by atoms with Crippen molar-refractivity contribution in [1.29, 1.82) is 0 Å². The summed E-state index contributed by atoms with van der Waals surface area (Å²) in [6, 6.07) is 0. The third-order valence-electron chi connectivity index (χ3n) is 2.75.